The Morgan fingerprint density at radius 1 is 0.800 bits per heavy atom. The maximum absolute atomic E-state index is 13.2. The first-order valence-corrected chi connectivity index (χ1v) is 12.7. The zero-order valence-corrected chi connectivity index (χ0v) is 20.5. The molecule has 0 spiro atoms. The summed E-state index contributed by atoms with van der Waals surface area (Å²) < 4.78 is 28.1. The highest BCUT2D eigenvalue weighted by atomic mass is 35.5. The van der Waals surface area contributed by atoms with Gasteiger partial charge in [0.25, 0.3) is 15.9 Å². The van der Waals surface area contributed by atoms with E-state index in [1.807, 2.05) is 73.7 Å². The molecule has 4 aromatic rings. The average molecular weight is 503 g/mol. The van der Waals surface area contributed by atoms with Crippen LogP contribution in [0.3, 0.4) is 0 Å². The van der Waals surface area contributed by atoms with E-state index >= 15 is 0 Å². The van der Waals surface area contributed by atoms with Gasteiger partial charge in [-0.25, -0.2) is 8.42 Å². The van der Waals surface area contributed by atoms with Gasteiger partial charge < -0.3 is 5.32 Å². The number of sulfonamides is 1. The van der Waals surface area contributed by atoms with Crippen molar-refractivity contribution in [3.8, 4) is 0 Å². The molecule has 0 aliphatic rings. The number of halogens is 1. The molecule has 2 N–H and O–H groups in total. The van der Waals surface area contributed by atoms with Crippen LogP contribution in [0.15, 0.2) is 108 Å². The predicted molar refractivity (Wildman–Crippen MR) is 143 cm³/mol. The number of hydrogen-bond acceptors (Lipinski definition) is 3. The van der Waals surface area contributed by atoms with E-state index in [1.165, 1.54) is 12.1 Å². The zero-order chi connectivity index (χ0) is 24.8. The summed E-state index contributed by atoms with van der Waals surface area (Å²) in [5.74, 6) is -0.303. The van der Waals surface area contributed by atoms with E-state index in [2.05, 4.69) is 10.0 Å². The van der Waals surface area contributed by atoms with Crippen LogP contribution in [-0.4, -0.2) is 14.3 Å². The number of amides is 1. The molecule has 0 aliphatic carbocycles. The van der Waals surface area contributed by atoms with Gasteiger partial charge in [0.2, 0.25) is 0 Å². The molecule has 0 fully saturated rings. The molecular formula is C28H23ClN2O3S. The van der Waals surface area contributed by atoms with Crippen LogP contribution in [-0.2, 0) is 14.8 Å². The van der Waals surface area contributed by atoms with Gasteiger partial charge in [0.15, 0.2) is 0 Å². The van der Waals surface area contributed by atoms with E-state index in [1.54, 1.807) is 30.3 Å². The highest BCUT2D eigenvalue weighted by Crippen LogP contribution is 2.24. The molecule has 0 saturated heterocycles. The third-order valence-corrected chi connectivity index (χ3v) is 7.09. The van der Waals surface area contributed by atoms with Crippen LogP contribution in [0.1, 0.15) is 16.7 Å². The molecule has 0 bridgehead atoms. The van der Waals surface area contributed by atoms with E-state index in [-0.39, 0.29) is 10.8 Å². The molecule has 1 amide bonds. The minimum absolute atomic E-state index is 0.0651. The normalized spacial score (nSPS) is 11.7. The fourth-order valence-electron chi connectivity index (χ4n) is 3.40. The van der Waals surface area contributed by atoms with Crippen molar-refractivity contribution in [1.82, 2.24) is 0 Å². The molecule has 4 rings (SSSR count). The van der Waals surface area contributed by atoms with E-state index in [0.717, 1.165) is 16.7 Å². The smallest absolute Gasteiger partial charge is 0.261 e. The first-order valence-electron chi connectivity index (χ1n) is 10.8. The Balaban J connectivity index is 1.54. The molecule has 0 aromatic heterocycles. The second-order valence-electron chi connectivity index (χ2n) is 7.88. The third-order valence-electron chi connectivity index (χ3n) is 5.29. The molecule has 176 valence electrons. The van der Waals surface area contributed by atoms with Gasteiger partial charge in [-0.3, -0.25) is 9.52 Å². The molecule has 0 unspecified atom stereocenters. The Bertz CT molecular complexity index is 1470. The van der Waals surface area contributed by atoms with Crippen molar-refractivity contribution in [3.63, 3.8) is 0 Å². The number of rotatable bonds is 7. The molecular weight excluding hydrogens is 480 g/mol. The van der Waals surface area contributed by atoms with E-state index in [4.69, 9.17) is 11.6 Å². The Kier molecular flexibility index (Phi) is 7.34. The first kappa shape index (κ1) is 24.3. The van der Waals surface area contributed by atoms with Crippen molar-refractivity contribution in [2.24, 2.45) is 0 Å². The maximum atomic E-state index is 13.2. The summed E-state index contributed by atoms with van der Waals surface area (Å²) in [6.07, 6.45) is 1.82. The van der Waals surface area contributed by atoms with Crippen LogP contribution in [0.5, 0.6) is 0 Å². The van der Waals surface area contributed by atoms with Crippen LogP contribution >= 0.6 is 11.6 Å². The molecule has 7 heteroatoms. The molecule has 5 nitrogen and oxygen atoms in total. The zero-order valence-electron chi connectivity index (χ0n) is 18.9. The minimum Gasteiger partial charge on any atom is -0.322 e. The van der Waals surface area contributed by atoms with E-state index < -0.39 is 10.0 Å². The lowest BCUT2D eigenvalue weighted by atomic mass is 10.0. The van der Waals surface area contributed by atoms with Gasteiger partial charge in [-0.1, -0.05) is 78.3 Å². The number of carbonyl (C=O) groups is 1. The second-order valence-corrected chi connectivity index (χ2v) is 9.97. The minimum atomic E-state index is -3.82. The summed E-state index contributed by atoms with van der Waals surface area (Å²) in [5.41, 5.74) is 3.86. The van der Waals surface area contributed by atoms with Crippen LogP contribution in [0.2, 0.25) is 5.02 Å². The van der Waals surface area contributed by atoms with Gasteiger partial charge in [0, 0.05) is 16.3 Å². The molecule has 4 aromatic carbocycles. The summed E-state index contributed by atoms with van der Waals surface area (Å²) in [6.45, 7) is 1.84. The van der Waals surface area contributed by atoms with Gasteiger partial charge >= 0.3 is 0 Å². The fraction of sp³-hybridized carbons (Fsp3) is 0.0357. The van der Waals surface area contributed by atoms with Crippen molar-refractivity contribution in [3.05, 3.63) is 125 Å². The maximum Gasteiger partial charge on any atom is 0.261 e. The van der Waals surface area contributed by atoms with Crippen LogP contribution < -0.4 is 10.0 Å². The summed E-state index contributed by atoms with van der Waals surface area (Å²) in [7, 11) is -3.82. The lowest BCUT2D eigenvalue weighted by molar-refractivity contribution is -0.111. The largest absolute Gasteiger partial charge is 0.322 e. The first-order chi connectivity index (χ1) is 16.8. The van der Waals surface area contributed by atoms with Crippen molar-refractivity contribution in [1.29, 1.82) is 0 Å². The molecule has 0 radical (unpaired) electrons. The average Bonchev–Trinajstić information content (AvgIpc) is 2.86. The number of nitrogens with one attached hydrogen (secondary N) is 2. The second kappa shape index (κ2) is 10.6. The molecule has 35 heavy (non-hydrogen) atoms. The van der Waals surface area contributed by atoms with Crippen molar-refractivity contribution in [2.45, 2.75) is 11.8 Å². The van der Waals surface area contributed by atoms with E-state index in [0.29, 0.717) is 22.0 Å². The molecule has 0 aliphatic heterocycles. The van der Waals surface area contributed by atoms with Crippen LogP contribution in [0, 0.1) is 6.92 Å². The van der Waals surface area contributed by atoms with Gasteiger partial charge in [-0.15, -0.1) is 0 Å². The third kappa shape index (κ3) is 6.18. The summed E-state index contributed by atoms with van der Waals surface area (Å²) >= 11 is 6.10. The van der Waals surface area contributed by atoms with Gasteiger partial charge in [-0.05, 0) is 66.1 Å². The summed E-state index contributed by atoms with van der Waals surface area (Å²) in [5, 5.41) is 3.34. The Morgan fingerprint density at radius 3 is 2.03 bits per heavy atom. The summed E-state index contributed by atoms with van der Waals surface area (Å²) in [6, 6.07) is 29.9. The Hall–Kier alpha value is -3.87. The SMILES string of the molecule is Cc1ccc(NS(=O)(=O)c2ccc(NC(=O)/C(=C/c3ccccc3)c3ccccc3)cc2)cc1Cl. The van der Waals surface area contributed by atoms with Gasteiger partial charge in [-0.2, -0.15) is 0 Å². The number of hydrogen-bond donors (Lipinski definition) is 2. The molecule has 0 saturated carbocycles. The van der Waals surface area contributed by atoms with Crippen molar-refractivity contribution in [2.75, 3.05) is 10.0 Å². The highest BCUT2D eigenvalue weighted by Gasteiger charge is 2.16. The summed E-state index contributed by atoms with van der Waals surface area (Å²) in [4.78, 5) is 13.2. The highest BCUT2D eigenvalue weighted by molar-refractivity contribution is 7.92. The van der Waals surface area contributed by atoms with Crippen molar-refractivity contribution < 1.29 is 13.2 Å². The van der Waals surface area contributed by atoms with E-state index in [9.17, 15) is 13.2 Å². The van der Waals surface area contributed by atoms with Crippen LogP contribution in [0.25, 0.3) is 11.6 Å². The lowest BCUT2D eigenvalue weighted by Gasteiger charge is -2.12. The monoisotopic (exact) mass is 502 g/mol. The number of carbonyl (C=O) groups excluding carboxylic acids is 1. The topological polar surface area (TPSA) is 75.3 Å². The molecule has 0 atom stereocenters. The number of anilines is 2. The van der Waals surface area contributed by atoms with Gasteiger partial charge in [0.1, 0.15) is 0 Å². The standard InChI is InChI=1S/C28H23ClN2O3S/c1-20-12-13-24(19-27(20)29)31-35(33,34)25-16-14-23(15-17-25)30-28(32)26(22-10-6-3-7-11-22)18-21-8-4-2-5-9-21/h2-19,31H,1H3,(H,30,32)/b26-18+. The molecule has 0 heterocycles. The Labute approximate surface area is 210 Å². The van der Waals surface area contributed by atoms with Gasteiger partial charge in [0.05, 0.1) is 10.6 Å². The van der Waals surface area contributed by atoms with Crippen LogP contribution in [0.4, 0.5) is 11.4 Å². The predicted octanol–water partition coefficient (Wildman–Crippen LogP) is 6.63. The Morgan fingerprint density at radius 2 is 1.40 bits per heavy atom. The number of benzene rings is 4. The lowest BCUT2D eigenvalue weighted by Crippen LogP contribution is -2.15. The van der Waals surface area contributed by atoms with Crippen molar-refractivity contribution >= 4 is 50.6 Å². The quantitative estimate of drug-likeness (QED) is 0.220. The number of aryl methyl sites for hydroxylation is 1. The fourth-order valence-corrected chi connectivity index (χ4v) is 4.63.